The van der Waals surface area contributed by atoms with Crippen molar-refractivity contribution in [3.63, 3.8) is 0 Å². The zero-order chi connectivity index (χ0) is 14.0. The number of benzene rings is 1. The summed E-state index contributed by atoms with van der Waals surface area (Å²) in [6, 6.07) is 3.61. The summed E-state index contributed by atoms with van der Waals surface area (Å²) < 4.78 is 50.9. The second-order valence-electron chi connectivity index (χ2n) is 5.08. The number of aryl methyl sites for hydroxylation is 1. The van der Waals surface area contributed by atoms with Gasteiger partial charge in [-0.25, -0.2) is 4.39 Å². The van der Waals surface area contributed by atoms with Gasteiger partial charge >= 0.3 is 6.18 Å². The molecule has 1 aromatic carbocycles. The van der Waals surface area contributed by atoms with Crippen LogP contribution in [0.25, 0.3) is 0 Å². The first-order valence-electron chi connectivity index (χ1n) is 6.44. The standard InChI is InChI=1S/C14H17F4N/c1-19-13(10-4-5-10)7-3-9-2-6-12(15)11(8-9)14(16,17)18/h2,6,8,10,13,19H,3-5,7H2,1H3. The largest absolute Gasteiger partial charge is 0.419 e. The van der Waals surface area contributed by atoms with Gasteiger partial charge in [0.2, 0.25) is 0 Å². The van der Waals surface area contributed by atoms with Crippen LogP contribution in [0, 0.1) is 11.7 Å². The molecule has 0 spiro atoms. The number of alkyl halides is 3. The van der Waals surface area contributed by atoms with Crippen LogP contribution in [-0.4, -0.2) is 13.1 Å². The number of halogens is 4. The van der Waals surface area contributed by atoms with Crippen LogP contribution in [0.4, 0.5) is 17.6 Å². The molecule has 1 aliphatic carbocycles. The van der Waals surface area contributed by atoms with E-state index in [1.54, 1.807) is 0 Å². The van der Waals surface area contributed by atoms with Crippen molar-refractivity contribution >= 4 is 0 Å². The Hall–Kier alpha value is -1.10. The number of nitrogens with one attached hydrogen (secondary N) is 1. The van der Waals surface area contributed by atoms with Crippen LogP contribution in [0.15, 0.2) is 18.2 Å². The minimum absolute atomic E-state index is 0.347. The Morgan fingerprint density at radius 3 is 2.53 bits per heavy atom. The average molecular weight is 275 g/mol. The first-order valence-corrected chi connectivity index (χ1v) is 6.44. The lowest BCUT2D eigenvalue weighted by molar-refractivity contribution is -0.140. The Bertz CT molecular complexity index is 438. The van der Waals surface area contributed by atoms with Crippen LogP contribution in [-0.2, 0) is 12.6 Å². The van der Waals surface area contributed by atoms with Crippen molar-refractivity contribution in [1.29, 1.82) is 0 Å². The van der Waals surface area contributed by atoms with Crippen molar-refractivity contribution in [2.45, 2.75) is 37.9 Å². The van der Waals surface area contributed by atoms with Gasteiger partial charge in [-0.1, -0.05) is 6.07 Å². The molecule has 106 valence electrons. The minimum Gasteiger partial charge on any atom is -0.317 e. The van der Waals surface area contributed by atoms with Crippen molar-refractivity contribution in [2.24, 2.45) is 5.92 Å². The molecule has 1 N–H and O–H groups in total. The predicted octanol–water partition coefficient (Wildman–Crippen LogP) is 3.78. The molecule has 1 unspecified atom stereocenters. The second kappa shape index (κ2) is 5.49. The molecule has 1 nitrogen and oxygen atoms in total. The van der Waals surface area contributed by atoms with E-state index in [0.29, 0.717) is 23.9 Å². The lowest BCUT2D eigenvalue weighted by Crippen LogP contribution is -2.27. The molecule has 0 amide bonds. The number of rotatable bonds is 5. The van der Waals surface area contributed by atoms with Gasteiger partial charge in [0.15, 0.2) is 0 Å². The van der Waals surface area contributed by atoms with E-state index in [2.05, 4.69) is 5.32 Å². The summed E-state index contributed by atoms with van der Waals surface area (Å²) in [5.74, 6) is -0.559. The average Bonchev–Trinajstić information content (AvgIpc) is 3.15. The van der Waals surface area contributed by atoms with Crippen LogP contribution >= 0.6 is 0 Å². The molecule has 1 saturated carbocycles. The summed E-state index contributed by atoms with van der Waals surface area (Å²) in [6.45, 7) is 0. The molecule has 0 aliphatic heterocycles. The van der Waals surface area contributed by atoms with Gasteiger partial charge in [-0.3, -0.25) is 0 Å². The molecule has 0 heterocycles. The van der Waals surface area contributed by atoms with Crippen LogP contribution in [0.3, 0.4) is 0 Å². The molecule has 0 radical (unpaired) electrons. The Labute approximate surface area is 110 Å². The first kappa shape index (κ1) is 14.3. The van der Waals surface area contributed by atoms with E-state index in [1.807, 2.05) is 7.05 Å². The Morgan fingerprint density at radius 1 is 1.32 bits per heavy atom. The van der Waals surface area contributed by atoms with E-state index in [1.165, 1.54) is 18.9 Å². The maximum absolute atomic E-state index is 13.1. The molecule has 19 heavy (non-hydrogen) atoms. The summed E-state index contributed by atoms with van der Waals surface area (Å²) in [6.07, 6.45) is -0.945. The van der Waals surface area contributed by atoms with Gasteiger partial charge in [-0.2, -0.15) is 13.2 Å². The van der Waals surface area contributed by atoms with Gasteiger partial charge in [0.1, 0.15) is 5.82 Å². The van der Waals surface area contributed by atoms with E-state index in [9.17, 15) is 17.6 Å². The summed E-state index contributed by atoms with van der Waals surface area (Å²) in [5, 5.41) is 3.19. The smallest absolute Gasteiger partial charge is 0.317 e. The lowest BCUT2D eigenvalue weighted by Gasteiger charge is -2.16. The van der Waals surface area contributed by atoms with Gasteiger partial charge in [-0.15, -0.1) is 0 Å². The zero-order valence-electron chi connectivity index (χ0n) is 10.7. The quantitative estimate of drug-likeness (QED) is 0.806. The highest BCUT2D eigenvalue weighted by molar-refractivity contribution is 5.27. The SMILES string of the molecule is CNC(CCc1ccc(F)c(C(F)(F)F)c1)C1CC1. The Kier molecular flexibility index (Phi) is 4.13. The fourth-order valence-corrected chi connectivity index (χ4v) is 2.38. The Balaban J connectivity index is 2.04. The third kappa shape index (κ3) is 3.69. The van der Waals surface area contributed by atoms with Crippen molar-refractivity contribution in [1.82, 2.24) is 5.32 Å². The molecule has 1 aromatic rings. The lowest BCUT2D eigenvalue weighted by atomic mass is 10.0. The monoisotopic (exact) mass is 275 g/mol. The fraction of sp³-hybridized carbons (Fsp3) is 0.571. The van der Waals surface area contributed by atoms with E-state index < -0.39 is 17.6 Å². The molecule has 1 atom stereocenters. The van der Waals surface area contributed by atoms with Gasteiger partial charge in [0, 0.05) is 6.04 Å². The van der Waals surface area contributed by atoms with E-state index >= 15 is 0 Å². The molecule has 2 rings (SSSR count). The topological polar surface area (TPSA) is 12.0 Å². The highest BCUT2D eigenvalue weighted by Crippen LogP contribution is 2.35. The van der Waals surface area contributed by atoms with Gasteiger partial charge < -0.3 is 5.32 Å². The van der Waals surface area contributed by atoms with Crippen LogP contribution in [0.2, 0.25) is 0 Å². The third-order valence-corrected chi connectivity index (χ3v) is 3.64. The van der Waals surface area contributed by atoms with E-state index in [0.717, 1.165) is 18.6 Å². The summed E-state index contributed by atoms with van der Waals surface area (Å²) in [4.78, 5) is 0. The van der Waals surface area contributed by atoms with Crippen molar-refractivity contribution in [3.05, 3.63) is 35.1 Å². The van der Waals surface area contributed by atoms with Crippen LogP contribution < -0.4 is 5.32 Å². The molecular formula is C14H17F4N. The van der Waals surface area contributed by atoms with Gasteiger partial charge in [-0.05, 0) is 56.3 Å². The maximum Gasteiger partial charge on any atom is 0.419 e. The zero-order valence-corrected chi connectivity index (χ0v) is 10.7. The predicted molar refractivity (Wildman–Crippen MR) is 65.3 cm³/mol. The maximum atomic E-state index is 13.1. The molecule has 0 saturated heterocycles. The van der Waals surface area contributed by atoms with E-state index in [-0.39, 0.29) is 0 Å². The second-order valence-corrected chi connectivity index (χ2v) is 5.08. The molecule has 5 heteroatoms. The van der Waals surface area contributed by atoms with Gasteiger partial charge in [0.05, 0.1) is 5.56 Å². The number of hydrogen-bond donors (Lipinski definition) is 1. The normalized spacial score (nSPS) is 17.5. The molecule has 1 aliphatic rings. The number of hydrogen-bond acceptors (Lipinski definition) is 1. The highest BCUT2D eigenvalue weighted by atomic mass is 19.4. The summed E-state index contributed by atoms with van der Waals surface area (Å²) >= 11 is 0. The summed E-state index contributed by atoms with van der Waals surface area (Å²) in [5.41, 5.74) is -0.632. The first-order chi connectivity index (χ1) is 8.91. The molecular weight excluding hydrogens is 258 g/mol. The van der Waals surface area contributed by atoms with Crippen molar-refractivity contribution < 1.29 is 17.6 Å². The molecule has 0 aromatic heterocycles. The molecule has 0 bridgehead atoms. The van der Waals surface area contributed by atoms with E-state index in [4.69, 9.17) is 0 Å². The van der Waals surface area contributed by atoms with Crippen molar-refractivity contribution in [2.75, 3.05) is 7.05 Å². The van der Waals surface area contributed by atoms with Gasteiger partial charge in [0.25, 0.3) is 0 Å². The minimum atomic E-state index is -4.63. The third-order valence-electron chi connectivity index (χ3n) is 3.64. The van der Waals surface area contributed by atoms with Crippen LogP contribution in [0.5, 0.6) is 0 Å². The van der Waals surface area contributed by atoms with Crippen molar-refractivity contribution in [3.8, 4) is 0 Å². The molecule has 1 fully saturated rings. The summed E-state index contributed by atoms with van der Waals surface area (Å²) in [7, 11) is 1.87. The Morgan fingerprint density at radius 2 is 2.00 bits per heavy atom. The fourth-order valence-electron chi connectivity index (χ4n) is 2.38. The highest BCUT2D eigenvalue weighted by Gasteiger charge is 2.34. The van der Waals surface area contributed by atoms with Crippen LogP contribution in [0.1, 0.15) is 30.4 Å².